The molecule has 91 heavy (non-hydrogen) atoms. The zero-order chi connectivity index (χ0) is 68.3. The van der Waals surface area contributed by atoms with Gasteiger partial charge >= 0.3 is 5.97 Å². The van der Waals surface area contributed by atoms with E-state index in [0.29, 0.717) is 50.6 Å². The number of imidazole rings is 1. The summed E-state index contributed by atoms with van der Waals surface area (Å²) < 4.78 is 0. The van der Waals surface area contributed by atoms with Gasteiger partial charge in [-0.05, 0) is 121 Å². The number of nitrogens with zero attached hydrogens (tertiary/aromatic N) is 4. The van der Waals surface area contributed by atoms with Crippen LogP contribution in [0, 0.1) is 17.8 Å². The quantitative estimate of drug-likeness (QED) is 0.0168. The van der Waals surface area contributed by atoms with Crippen molar-refractivity contribution in [2.24, 2.45) is 67.9 Å². The van der Waals surface area contributed by atoms with Crippen LogP contribution in [0.3, 0.4) is 0 Å². The van der Waals surface area contributed by atoms with E-state index in [1.165, 1.54) is 24.3 Å². The summed E-state index contributed by atoms with van der Waals surface area (Å²) in [6, 6.07) is -11.9. The van der Waals surface area contributed by atoms with Gasteiger partial charge in [0, 0.05) is 37.9 Å². The zero-order valence-corrected chi connectivity index (χ0v) is 54.0. The number of hydrogen-bond donors (Lipinski definition) is 18. The van der Waals surface area contributed by atoms with Gasteiger partial charge in [0.1, 0.15) is 54.4 Å². The van der Waals surface area contributed by atoms with Gasteiger partial charge in [-0.25, -0.2) is 9.78 Å². The number of aromatic amines is 1. The first kappa shape index (κ1) is 78.9. The molecule has 0 aromatic carbocycles. The molecule has 1 saturated heterocycles. The van der Waals surface area contributed by atoms with Gasteiger partial charge in [-0.15, -0.1) is 0 Å². The first-order valence-corrected chi connectivity index (χ1v) is 31.6. The van der Waals surface area contributed by atoms with Gasteiger partial charge in [0.25, 0.3) is 0 Å². The number of rotatable bonds is 44. The molecule has 514 valence electrons. The number of hydrogen-bond acceptors (Lipinski definition) is 17. The fourth-order valence-electron chi connectivity index (χ4n) is 9.83. The van der Waals surface area contributed by atoms with Crippen LogP contribution in [0.15, 0.2) is 22.5 Å². The number of guanidine groups is 2. The molecule has 0 bridgehead atoms. The van der Waals surface area contributed by atoms with Crippen LogP contribution in [0.1, 0.15) is 150 Å². The Kier molecular flexibility index (Phi) is 36.4. The average Bonchev–Trinajstić information content (AvgIpc) is 2.99. The van der Waals surface area contributed by atoms with E-state index in [-0.39, 0.29) is 114 Å². The highest BCUT2D eigenvalue weighted by molar-refractivity contribution is 5.98. The number of aliphatic imine (C=N–C) groups is 2. The number of amides is 10. The Labute approximate surface area is 532 Å². The standard InChI is InChI=1S/C58H105N21O12/c1-8-33(5)45(61)53(87)71-35(7)47(81)77-42(28-36-29-66-31-70-36)55(89)79-26-16-21-43(79)52(86)74-38(18-11-13-23-60)50(84)76-41(27-32(3)4)48(82)69-30-44(80)72-37(17-10-12-22-59)49(83)73-39(19-14-24-67-57(62)63)51(85)78-46(34(6)9-2)54(88)75-40(56(90)91)20-15-25-68-58(64)65/h29,31-35,37-43,45-46H,8-28,30,59-61H2,1-7H3,(H,66,70)(H,69,82)(H,71,87)(H,72,80)(H,73,83)(H,74,86)(H,75,88)(H,76,84)(H,77,81)(H,78,85)(H,90,91)(H4,62,63,67)(H4,64,65,68)/t33-,34-,35-,37-,38-,39-,40-,41-,42-,43-,45-,46-/m0/s1. The Morgan fingerprint density at radius 2 is 1.13 bits per heavy atom. The van der Waals surface area contributed by atoms with E-state index in [4.69, 9.17) is 40.1 Å². The average molecular weight is 1290 g/mol. The van der Waals surface area contributed by atoms with Gasteiger partial charge in [0.15, 0.2) is 11.9 Å². The molecular weight excluding hydrogens is 1180 g/mol. The highest BCUT2D eigenvalue weighted by Gasteiger charge is 2.41. The van der Waals surface area contributed by atoms with Crippen LogP contribution in [0.25, 0.3) is 0 Å². The van der Waals surface area contributed by atoms with Crippen molar-refractivity contribution in [2.45, 2.75) is 212 Å². The van der Waals surface area contributed by atoms with Crippen molar-refractivity contribution in [1.82, 2.24) is 62.7 Å². The molecule has 0 spiro atoms. The Morgan fingerprint density at radius 1 is 0.615 bits per heavy atom. The van der Waals surface area contributed by atoms with Crippen molar-refractivity contribution in [3.8, 4) is 0 Å². The van der Waals surface area contributed by atoms with Crippen molar-refractivity contribution in [2.75, 3.05) is 39.3 Å². The molecule has 0 radical (unpaired) electrons. The summed E-state index contributed by atoms with van der Waals surface area (Å²) in [6.07, 6.45) is 6.63. The molecule has 1 fully saturated rings. The van der Waals surface area contributed by atoms with Crippen molar-refractivity contribution in [3.05, 3.63) is 18.2 Å². The first-order valence-electron chi connectivity index (χ1n) is 31.6. The molecule has 1 aliphatic rings. The number of carboxylic acids is 1. The van der Waals surface area contributed by atoms with Crippen LogP contribution in [-0.4, -0.2) is 197 Å². The molecule has 0 saturated carbocycles. The summed E-state index contributed by atoms with van der Waals surface area (Å²) in [5.74, 6) is -9.78. The largest absolute Gasteiger partial charge is 0.480 e. The third-order valence-corrected chi connectivity index (χ3v) is 15.6. The minimum absolute atomic E-state index is 0.0350. The lowest BCUT2D eigenvalue weighted by molar-refractivity contribution is -0.143. The number of nitrogens with one attached hydrogen (secondary N) is 10. The summed E-state index contributed by atoms with van der Waals surface area (Å²) in [4.78, 5) is 168. The smallest absolute Gasteiger partial charge is 0.326 e. The Bertz CT molecular complexity index is 2560. The van der Waals surface area contributed by atoms with Crippen molar-refractivity contribution < 1.29 is 57.8 Å². The summed E-state index contributed by atoms with van der Waals surface area (Å²) in [5, 5.41) is 33.8. The normalized spacial score (nSPS) is 16.5. The fraction of sp³-hybridized carbons (Fsp3) is 0.724. The summed E-state index contributed by atoms with van der Waals surface area (Å²) >= 11 is 0. The molecule has 0 unspecified atom stereocenters. The second-order valence-corrected chi connectivity index (χ2v) is 23.6. The maximum absolute atomic E-state index is 14.4. The lowest BCUT2D eigenvalue weighted by atomic mass is 9.96. The van der Waals surface area contributed by atoms with Crippen molar-refractivity contribution >= 4 is 77.0 Å². The highest BCUT2D eigenvalue weighted by atomic mass is 16.4. The van der Waals surface area contributed by atoms with Crippen LogP contribution in [0.4, 0.5) is 0 Å². The Balaban J connectivity index is 2.34. The topological polar surface area (TPSA) is 555 Å². The summed E-state index contributed by atoms with van der Waals surface area (Å²) in [7, 11) is 0. The van der Waals surface area contributed by atoms with E-state index in [9.17, 15) is 57.8 Å². The number of carboxylic acid groups (broad SMARTS) is 1. The molecule has 10 amide bonds. The maximum atomic E-state index is 14.4. The lowest BCUT2D eigenvalue weighted by Gasteiger charge is -2.31. The predicted molar refractivity (Wildman–Crippen MR) is 341 cm³/mol. The first-order chi connectivity index (χ1) is 43.1. The van der Waals surface area contributed by atoms with Gasteiger partial charge in [-0.2, -0.15) is 0 Å². The second-order valence-electron chi connectivity index (χ2n) is 23.6. The van der Waals surface area contributed by atoms with Crippen LogP contribution >= 0.6 is 0 Å². The SMILES string of the molecule is CC[C@H](C)[C@H](N)C(=O)N[C@@H](C)C(=O)N[C@@H](Cc1cnc[nH]1)C(=O)N1CCC[C@H]1C(=O)N[C@@H](CCCCN)C(=O)N[C@@H](CC(C)C)C(=O)NCC(=O)N[C@@H](CCCCN)C(=O)N[C@@H](CCCN=C(N)N)C(=O)N[C@H](C(=O)N[C@@H](CCCN=C(N)N)C(=O)O)[C@@H](C)CC. The molecule has 2 heterocycles. The second kappa shape index (κ2) is 42.0. The van der Waals surface area contributed by atoms with E-state index < -0.39 is 138 Å². The highest BCUT2D eigenvalue weighted by Crippen LogP contribution is 2.21. The molecule has 1 aliphatic heterocycles. The third-order valence-electron chi connectivity index (χ3n) is 15.6. The molecule has 2 rings (SSSR count). The number of carbonyl (C=O) groups is 11. The molecule has 0 aliphatic carbocycles. The summed E-state index contributed by atoms with van der Waals surface area (Å²) in [6.45, 7) is 12.4. The van der Waals surface area contributed by atoms with Gasteiger partial charge in [-0.3, -0.25) is 57.9 Å². The fourth-order valence-corrected chi connectivity index (χ4v) is 9.83. The molecule has 33 heteroatoms. The van der Waals surface area contributed by atoms with Gasteiger partial charge < -0.3 is 103 Å². The van der Waals surface area contributed by atoms with Crippen LogP contribution in [-0.2, 0) is 59.2 Å². The molecular formula is C58H105N21O12. The number of carbonyl (C=O) groups excluding carboxylic acids is 10. The van der Waals surface area contributed by atoms with E-state index in [1.807, 2.05) is 13.8 Å². The number of unbranched alkanes of at least 4 members (excludes halogenated alkanes) is 2. The van der Waals surface area contributed by atoms with E-state index in [0.717, 1.165) is 0 Å². The molecule has 25 N–H and O–H groups in total. The Hall–Kier alpha value is -8.20. The van der Waals surface area contributed by atoms with E-state index >= 15 is 0 Å². The Morgan fingerprint density at radius 3 is 1.66 bits per heavy atom. The number of aliphatic carboxylic acids is 1. The maximum Gasteiger partial charge on any atom is 0.326 e. The third kappa shape index (κ3) is 29.1. The number of H-pyrrole nitrogens is 1. The molecule has 33 nitrogen and oxygen atoms in total. The van der Waals surface area contributed by atoms with Crippen LogP contribution in [0.2, 0.25) is 0 Å². The van der Waals surface area contributed by atoms with Gasteiger partial charge in [0.2, 0.25) is 59.1 Å². The summed E-state index contributed by atoms with van der Waals surface area (Å²) in [5.41, 5.74) is 40.0. The minimum Gasteiger partial charge on any atom is -0.480 e. The lowest BCUT2D eigenvalue weighted by Crippen LogP contribution is -2.60. The van der Waals surface area contributed by atoms with Crippen LogP contribution < -0.4 is 88.0 Å². The van der Waals surface area contributed by atoms with Crippen molar-refractivity contribution in [3.63, 3.8) is 0 Å². The minimum atomic E-state index is -1.36. The van der Waals surface area contributed by atoms with Crippen LogP contribution in [0.5, 0.6) is 0 Å². The molecule has 12 atom stereocenters. The molecule has 1 aromatic rings. The number of likely N-dealkylation sites (tertiary alicyclic amines) is 1. The molecule has 1 aromatic heterocycles. The van der Waals surface area contributed by atoms with Gasteiger partial charge in [-0.1, -0.05) is 54.4 Å². The van der Waals surface area contributed by atoms with Gasteiger partial charge in [0.05, 0.1) is 18.9 Å². The van der Waals surface area contributed by atoms with Crippen molar-refractivity contribution in [1.29, 1.82) is 0 Å². The van der Waals surface area contributed by atoms with E-state index in [2.05, 4.69) is 67.8 Å². The number of nitrogens with two attached hydrogens (primary N) is 7. The van der Waals surface area contributed by atoms with E-state index in [1.54, 1.807) is 27.7 Å². The number of aromatic nitrogens is 2. The zero-order valence-electron chi connectivity index (χ0n) is 54.0. The predicted octanol–water partition coefficient (Wildman–Crippen LogP) is -4.13. The monoisotopic (exact) mass is 1290 g/mol.